The minimum absolute atomic E-state index is 0.0177. The van der Waals surface area contributed by atoms with Gasteiger partial charge in [0.25, 0.3) is 5.91 Å². The summed E-state index contributed by atoms with van der Waals surface area (Å²) in [5, 5.41) is 5.60. The molecule has 0 spiro atoms. The average Bonchev–Trinajstić information content (AvgIpc) is 2.49. The lowest BCUT2D eigenvalue weighted by Gasteiger charge is -2.18. The molecule has 21 heavy (non-hydrogen) atoms. The first kappa shape index (κ1) is 15.3. The fraction of sp³-hybridized carbons (Fsp3) is 0.467. The number of ether oxygens (including phenoxy) is 2. The van der Waals surface area contributed by atoms with Gasteiger partial charge in [0.1, 0.15) is 5.75 Å². The predicted molar refractivity (Wildman–Crippen MR) is 78.4 cm³/mol. The van der Waals surface area contributed by atoms with Gasteiger partial charge in [0.2, 0.25) is 5.91 Å². The number of amides is 2. The minimum atomic E-state index is -0.157. The highest BCUT2D eigenvalue weighted by Crippen LogP contribution is 2.28. The van der Waals surface area contributed by atoms with Crippen LogP contribution >= 0.6 is 0 Å². The molecule has 0 radical (unpaired) electrons. The van der Waals surface area contributed by atoms with Crippen molar-refractivity contribution >= 4 is 17.5 Å². The van der Waals surface area contributed by atoms with E-state index in [0.29, 0.717) is 37.4 Å². The molecular weight excluding hydrogens is 272 g/mol. The zero-order valence-electron chi connectivity index (χ0n) is 12.1. The van der Waals surface area contributed by atoms with Gasteiger partial charge in [0.05, 0.1) is 5.69 Å². The molecule has 0 atom stereocenters. The van der Waals surface area contributed by atoms with Gasteiger partial charge in [0.15, 0.2) is 6.61 Å². The molecule has 0 fully saturated rings. The van der Waals surface area contributed by atoms with Gasteiger partial charge in [-0.1, -0.05) is 6.07 Å². The maximum absolute atomic E-state index is 11.7. The van der Waals surface area contributed by atoms with Crippen molar-refractivity contribution in [3.8, 4) is 5.75 Å². The molecule has 114 valence electrons. The van der Waals surface area contributed by atoms with E-state index in [-0.39, 0.29) is 18.4 Å². The standard InChI is InChI=1S/C15H20N2O4/c1-20-8-2-7-16-14(18)6-4-11-3-5-13-12(9-11)17-15(19)10-21-13/h3,5,9H,2,4,6-8,10H2,1H3,(H,16,18)(H,17,19). The van der Waals surface area contributed by atoms with Crippen molar-refractivity contribution < 1.29 is 19.1 Å². The van der Waals surface area contributed by atoms with E-state index in [1.54, 1.807) is 7.11 Å². The number of hydrogen-bond acceptors (Lipinski definition) is 4. The van der Waals surface area contributed by atoms with E-state index in [0.717, 1.165) is 12.0 Å². The Bertz CT molecular complexity index is 516. The Morgan fingerprint density at radius 3 is 3.14 bits per heavy atom. The molecule has 2 rings (SSSR count). The Labute approximate surface area is 123 Å². The number of carbonyl (C=O) groups is 2. The van der Waals surface area contributed by atoms with Crippen LogP contribution in [0.25, 0.3) is 0 Å². The molecule has 0 aliphatic carbocycles. The molecule has 2 amide bonds. The SMILES string of the molecule is COCCCNC(=O)CCc1ccc2c(c1)NC(=O)CO2. The van der Waals surface area contributed by atoms with Crippen LogP contribution in [0.3, 0.4) is 0 Å². The minimum Gasteiger partial charge on any atom is -0.482 e. The van der Waals surface area contributed by atoms with Gasteiger partial charge in [-0.05, 0) is 30.5 Å². The molecule has 1 aliphatic rings. The number of methoxy groups -OCH3 is 1. The fourth-order valence-electron chi connectivity index (χ4n) is 2.08. The molecule has 1 aromatic carbocycles. The number of aryl methyl sites for hydroxylation is 1. The van der Waals surface area contributed by atoms with Crippen LogP contribution in [0.15, 0.2) is 18.2 Å². The Morgan fingerprint density at radius 2 is 2.33 bits per heavy atom. The van der Waals surface area contributed by atoms with E-state index in [2.05, 4.69) is 10.6 Å². The van der Waals surface area contributed by atoms with Crippen LogP contribution in [-0.4, -0.2) is 38.7 Å². The first-order valence-electron chi connectivity index (χ1n) is 7.00. The third-order valence-electron chi connectivity index (χ3n) is 3.16. The summed E-state index contributed by atoms with van der Waals surface area (Å²) in [6, 6.07) is 5.58. The number of hydrogen-bond donors (Lipinski definition) is 2. The van der Waals surface area contributed by atoms with Gasteiger partial charge < -0.3 is 20.1 Å². The summed E-state index contributed by atoms with van der Waals surface area (Å²) >= 11 is 0. The third-order valence-corrected chi connectivity index (χ3v) is 3.16. The number of nitrogens with one attached hydrogen (secondary N) is 2. The highest BCUT2D eigenvalue weighted by atomic mass is 16.5. The van der Waals surface area contributed by atoms with Gasteiger partial charge in [-0.2, -0.15) is 0 Å². The number of benzene rings is 1. The van der Waals surface area contributed by atoms with Crippen molar-refractivity contribution in [3.63, 3.8) is 0 Å². The molecule has 6 heteroatoms. The maximum Gasteiger partial charge on any atom is 0.262 e. The topological polar surface area (TPSA) is 76.7 Å². The second-order valence-electron chi connectivity index (χ2n) is 4.86. The van der Waals surface area contributed by atoms with Crippen LogP contribution in [-0.2, 0) is 20.7 Å². The summed E-state index contributed by atoms with van der Waals surface area (Å²) in [6.45, 7) is 1.32. The lowest BCUT2D eigenvalue weighted by Crippen LogP contribution is -2.26. The van der Waals surface area contributed by atoms with Crippen LogP contribution in [0.1, 0.15) is 18.4 Å². The molecule has 0 saturated carbocycles. The molecular formula is C15H20N2O4. The van der Waals surface area contributed by atoms with Crippen LogP contribution in [0.5, 0.6) is 5.75 Å². The molecule has 1 heterocycles. The monoisotopic (exact) mass is 292 g/mol. The van der Waals surface area contributed by atoms with Gasteiger partial charge in [-0.25, -0.2) is 0 Å². The Hall–Kier alpha value is -2.08. The largest absolute Gasteiger partial charge is 0.482 e. The fourth-order valence-corrected chi connectivity index (χ4v) is 2.08. The first-order chi connectivity index (χ1) is 10.2. The summed E-state index contributed by atoms with van der Waals surface area (Å²) in [7, 11) is 1.64. The van der Waals surface area contributed by atoms with Gasteiger partial charge >= 0.3 is 0 Å². The lowest BCUT2D eigenvalue weighted by atomic mass is 10.1. The second kappa shape index (κ2) is 7.64. The quantitative estimate of drug-likeness (QED) is 0.738. The van der Waals surface area contributed by atoms with Gasteiger partial charge in [0, 0.05) is 26.7 Å². The van der Waals surface area contributed by atoms with Crippen molar-refractivity contribution in [2.45, 2.75) is 19.3 Å². The highest BCUT2D eigenvalue weighted by molar-refractivity contribution is 5.95. The molecule has 2 N–H and O–H groups in total. The number of carbonyl (C=O) groups excluding carboxylic acids is 2. The van der Waals surface area contributed by atoms with Crippen molar-refractivity contribution in [1.82, 2.24) is 5.32 Å². The van der Waals surface area contributed by atoms with Crippen molar-refractivity contribution in [1.29, 1.82) is 0 Å². The molecule has 0 bridgehead atoms. The van der Waals surface area contributed by atoms with Crippen LogP contribution in [0, 0.1) is 0 Å². The Balaban J connectivity index is 1.79. The van der Waals surface area contributed by atoms with Gasteiger partial charge in [-0.3, -0.25) is 9.59 Å². The van der Waals surface area contributed by atoms with E-state index in [1.807, 2.05) is 18.2 Å². The summed E-state index contributed by atoms with van der Waals surface area (Å²) in [6.07, 6.45) is 1.85. The number of rotatable bonds is 7. The highest BCUT2D eigenvalue weighted by Gasteiger charge is 2.15. The molecule has 1 aromatic rings. The first-order valence-corrected chi connectivity index (χ1v) is 7.00. The van der Waals surface area contributed by atoms with Crippen LogP contribution in [0.2, 0.25) is 0 Å². The van der Waals surface area contributed by atoms with E-state index >= 15 is 0 Å². The Kier molecular flexibility index (Phi) is 5.57. The molecule has 1 aliphatic heterocycles. The molecule has 0 aromatic heterocycles. The predicted octanol–water partition coefficient (Wildman–Crippen LogP) is 1.10. The Morgan fingerprint density at radius 1 is 1.48 bits per heavy atom. The van der Waals surface area contributed by atoms with Crippen molar-refractivity contribution in [3.05, 3.63) is 23.8 Å². The molecule has 6 nitrogen and oxygen atoms in total. The number of anilines is 1. The van der Waals surface area contributed by atoms with E-state index in [1.165, 1.54) is 0 Å². The second-order valence-corrected chi connectivity index (χ2v) is 4.86. The average molecular weight is 292 g/mol. The summed E-state index contributed by atoms with van der Waals surface area (Å²) in [5.41, 5.74) is 1.66. The molecule has 0 unspecified atom stereocenters. The zero-order chi connectivity index (χ0) is 15.1. The molecule has 0 saturated heterocycles. The van der Waals surface area contributed by atoms with Crippen molar-refractivity contribution in [2.24, 2.45) is 0 Å². The van der Waals surface area contributed by atoms with Crippen LogP contribution < -0.4 is 15.4 Å². The third kappa shape index (κ3) is 4.75. The smallest absolute Gasteiger partial charge is 0.262 e. The maximum atomic E-state index is 11.7. The van der Waals surface area contributed by atoms with E-state index in [9.17, 15) is 9.59 Å². The zero-order valence-corrected chi connectivity index (χ0v) is 12.1. The van der Waals surface area contributed by atoms with E-state index < -0.39 is 0 Å². The summed E-state index contributed by atoms with van der Waals surface area (Å²) < 4.78 is 10.2. The lowest BCUT2D eigenvalue weighted by molar-refractivity contribution is -0.121. The number of fused-ring (bicyclic) bond motifs is 1. The van der Waals surface area contributed by atoms with Crippen LogP contribution in [0.4, 0.5) is 5.69 Å². The summed E-state index contributed by atoms with van der Waals surface area (Å²) in [4.78, 5) is 22.9. The van der Waals surface area contributed by atoms with E-state index in [4.69, 9.17) is 9.47 Å². The summed E-state index contributed by atoms with van der Waals surface area (Å²) in [5.74, 6) is 0.530. The van der Waals surface area contributed by atoms with Crippen molar-refractivity contribution in [2.75, 3.05) is 32.2 Å². The normalized spacial score (nSPS) is 13.1. The van der Waals surface area contributed by atoms with Gasteiger partial charge in [-0.15, -0.1) is 0 Å².